The van der Waals surface area contributed by atoms with Crippen LogP contribution in [0.2, 0.25) is 5.02 Å². The lowest BCUT2D eigenvalue weighted by molar-refractivity contribution is -0.151. The van der Waals surface area contributed by atoms with Crippen LogP contribution < -0.4 is 0 Å². The summed E-state index contributed by atoms with van der Waals surface area (Å²) in [4.78, 5) is 43.2. The van der Waals surface area contributed by atoms with Crippen LogP contribution in [0.15, 0.2) is 53.9 Å². The fourth-order valence-corrected chi connectivity index (χ4v) is 6.80. The molecule has 2 aromatic carbocycles. The molecule has 1 aliphatic rings. The summed E-state index contributed by atoms with van der Waals surface area (Å²) in [5, 5.41) is 3.26. The smallest absolute Gasteiger partial charge is 0.256 e. The van der Waals surface area contributed by atoms with Crippen molar-refractivity contribution < 1.29 is 22.8 Å². The Kier molecular flexibility index (Phi) is 8.30. The van der Waals surface area contributed by atoms with Crippen LogP contribution in [0.1, 0.15) is 55.1 Å². The minimum absolute atomic E-state index is 0.0410. The van der Waals surface area contributed by atoms with E-state index in [0.29, 0.717) is 30.0 Å². The van der Waals surface area contributed by atoms with Gasteiger partial charge in [0.15, 0.2) is 9.84 Å². The third-order valence-electron chi connectivity index (χ3n) is 7.17. The molecule has 0 saturated carbocycles. The number of rotatable bonds is 10. The minimum atomic E-state index is -3.41. The molecule has 0 unspecified atom stereocenters. The van der Waals surface area contributed by atoms with Gasteiger partial charge in [-0.15, -0.1) is 11.3 Å². The number of amides is 2. The number of nitrogens with zero attached hydrogens (tertiary/aromatic N) is 2. The molecule has 202 valence electrons. The van der Waals surface area contributed by atoms with Gasteiger partial charge in [0.1, 0.15) is 17.1 Å². The van der Waals surface area contributed by atoms with Crippen LogP contribution in [0, 0.1) is 0 Å². The Bertz CT molecular complexity index is 1490. The van der Waals surface area contributed by atoms with Crippen LogP contribution in [-0.2, 0) is 19.4 Å². The molecule has 2 amide bonds. The molecule has 3 aromatic rings. The van der Waals surface area contributed by atoms with Gasteiger partial charge in [0.25, 0.3) is 5.91 Å². The lowest BCUT2D eigenvalue weighted by Crippen LogP contribution is -2.68. The lowest BCUT2D eigenvalue weighted by Gasteiger charge is -2.51. The summed E-state index contributed by atoms with van der Waals surface area (Å²) in [6, 6.07) is 14.6. The number of carbonyl (C=O) groups is 3. The number of sulfone groups is 1. The van der Waals surface area contributed by atoms with E-state index in [4.69, 9.17) is 11.6 Å². The van der Waals surface area contributed by atoms with Crippen LogP contribution >= 0.6 is 22.9 Å². The number of thiophene rings is 1. The van der Waals surface area contributed by atoms with Gasteiger partial charge in [-0.1, -0.05) is 41.9 Å². The second-order valence-corrected chi connectivity index (χ2v) is 13.6. The van der Waals surface area contributed by atoms with E-state index >= 15 is 0 Å². The van der Waals surface area contributed by atoms with Gasteiger partial charge in [-0.3, -0.25) is 14.4 Å². The van der Waals surface area contributed by atoms with Crippen molar-refractivity contribution in [1.29, 1.82) is 0 Å². The zero-order valence-electron chi connectivity index (χ0n) is 21.6. The average molecular weight is 575 g/mol. The SMILES string of the molecule is C[C@@H](c1cccc(Cl)c1)N(CCCC(=O)CS(C)(=O)=O)C(=O)[C@@]1(C)CCN1C(=O)c1csc2ccccc12. The third-order valence-corrected chi connectivity index (χ3v) is 9.22. The summed E-state index contributed by atoms with van der Waals surface area (Å²) in [6.45, 7) is 4.39. The van der Waals surface area contributed by atoms with E-state index in [1.54, 1.807) is 28.9 Å². The number of benzene rings is 2. The Morgan fingerprint density at radius 1 is 1.16 bits per heavy atom. The summed E-state index contributed by atoms with van der Waals surface area (Å²) in [5.41, 5.74) is 0.382. The number of halogens is 1. The van der Waals surface area contributed by atoms with E-state index in [0.717, 1.165) is 21.9 Å². The standard InChI is InChI=1S/C28H31ClN2O5S2/c1-19(20-8-6-9-21(29)16-20)30(14-7-10-22(32)18-38(3,35)36)27(34)28(2)13-15-31(28)26(33)24-17-37-25-12-5-4-11-23(24)25/h4-6,8-9,11-12,16-17,19H,7,10,13-15,18H2,1-3H3/t19-,28+/m0/s1. The van der Waals surface area contributed by atoms with Crippen LogP contribution in [0.5, 0.6) is 0 Å². The zero-order valence-corrected chi connectivity index (χ0v) is 24.0. The van der Waals surface area contributed by atoms with E-state index in [1.165, 1.54) is 11.3 Å². The molecule has 2 atom stereocenters. The molecule has 2 heterocycles. The van der Waals surface area contributed by atoms with Gasteiger partial charge in [-0.2, -0.15) is 0 Å². The topological polar surface area (TPSA) is 91.8 Å². The van der Waals surface area contributed by atoms with Gasteiger partial charge in [0.05, 0.1) is 11.6 Å². The number of hydrogen-bond donors (Lipinski definition) is 0. The Morgan fingerprint density at radius 3 is 2.55 bits per heavy atom. The van der Waals surface area contributed by atoms with Crippen LogP contribution in [0.3, 0.4) is 0 Å². The van der Waals surface area contributed by atoms with Crippen molar-refractivity contribution in [1.82, 2.24) is 9.80 Å². The fraction of sp³-hybridized carbons (Fsp3) is 0.393. The second-order valence-electron chi connectivity index (χ2n) is 10.1. The highest BCUT2D eigenvalue weighted by Crippen LogP contribution is 2.38. The molecule has 7 nitrogen and oxygen atoms in total. The molecule has 1 saturated heterocycles. The maximum absolute atomic E-state index is 14.1. The first-order chi connectivity index (χ1) is 17.9. The molecule has 0 radical (unpaired) electrons. The number of ketones is 1. The van der Waals surface area contributed by atoms with Crippen molar-refractivity contribution in [2.24, 2.45) is 0 Å². The van der Waals surface area contributed by atoms with E-state index in [1.807, 2.05) is 48.7 Å². The number of carbonyl (C=O) groups excluding carboxylic acids is 3. The number of likely N-dealkylation sites (tertiary alicyclic amines) is 1. The largest absolute Gasteiger partial charge is 0.334 e. The number of Topliss-reactive ketones (excluding diaryl/α,β-unsaturated/α-hetero) is 1. The first-order valence-electron chi connectivity index (χ1n) is 12.4. The van der Waals surface area contributed by atoms with Crippen molar-refractivity contribution in [2.45, 2.75) is 44.7 Å². The van der Waals surface area contributed by atoms with Crippen LogP contribution in [0.25, 0.3) is 10.1 Å². The Hall–Kier alpha value is -2.75. The van der Waals surface area contributed by atoms with Crippen molar-refractivity contribution >= 4 is 60.5 Å². The Morgan fingerprint density at radius 2 is 1.89 bits per heavy atom. The molecule has 38 heavy (non-hydrogen) atoms. The molecule has 0 N–H and O–H groups in total. The Labute approximate surface area is 232 Å². The van der Waals surface area contributed by atoms with Gasteiger partial charge >= 0.3 is 0 Å². The molecule has 0 spiro atoms. The van der Waals surface area contributed by atoms with Crippen LogP contribution in [-0.4, -0.2) is 66.5 Å². The predicted molar refractivity (Wildman–Crippen MR) is 151 cm³/mol. The van der Waals surface area contributed by atoms with Crippen molar-refractivity contribution in [3.8, 4) is 0 Å². The number of fused-ring (bicyclic) bond motifs is 1. The van der Waals surface area contributed by atoms with Gasteiger partial charge in [0.2, 0.25) is 5.91 Å². The summed E-state index contributed by atoms with van der Waals surface area (Å²) in [7, 11) is -3.41. The van der Waals surface area contributed by atoms with Crippen molar-refractivity contribution in [3.05, 3.63) is 70.1 Å². The van der Waals surface area contributed by atoms with Gasteiger partial charge in [-0.25, -0.2) is 8.42 Å². The molecule has 1 fully saturated rings. The highest BCUT2D eigenvalue weighted by atomic mass is 35.5. The maximum atomic E-state index is 14.1. The molecule has 1 aliphatic heterocycles. The highest BCUT2D eigenvalue weighted by Gasteiger charge is 2.52. The van der Waals surface area contributed by atoms with Crippen molar-refractivity contribution in [3.63, 3.8) is 0 Å². The van der Waals surface area contributed by atoms with E-state index in [2.05, 4.69) is 0 Å². The maximum Gasteiger partial charge on any atom is 0.256 e. The van der Waals surface area contributed by atoms with E-state index < -0.39 is 21.1 Å². The molecule has 0 aliphatic carbocycles. The van der Waals surface area contributed by atoms with Gasteiger partial charge < -0.3 is 9.80 Å². The zero-order chi connectivity index (χ0) is 27.7. The third kappa shape index (κ3) is 5.95. The van der Waals surface area contributed by atoms with E-state index in [-0.39, 0.29) is 36.6 Å². The molecule has 0 bridgehead atoms. The van der Waals surface area contributed by atoms with Gasteiger partial charge in [0, 0.05) is 46.3 Å². The fourth-order valence-electron chi connectivity index (χ4n) is 4.93. The van der Waals surface area contributed by atoms with Crippen LogP contribution in [0.4, 0.5) is 0 Å². The molecular weight excluding hydrogens is 544 g/mol. The number of hydrogen-bond acceptors (Lipinski definition) is 6. The molecule has 4 rings (SSSR count). The van der Waals surface area contributed by atoms with E-state index in [9.17, 15) is 22.8 Å². The Balaban J connectivity index is 1.57. The minimum Gasteiger partial charge on any atom is -0.334 e. The second kappa shape index (κ2) is 11.2. The summed E-state index contributed by atoms with van der Waals surface area (Å²) >= 11 is 7.72. The first-order valence-corrected chi connectivity index (χ1v) is 15.8. The van der Waals surface area contributed by atoms with Crippen molar-refractivity contribution in [2.75, 3.05) is 25.1 Å². The predicted octanol–water partition coefficient (Wildman–Crippen LogP) is 5.14. The first kappa shape index (κ1) is 28.3. The molecular formula is C28H31ClN2O5S2. The normalized spacial score (nSPS) is 18.2. The molecule has 1 aromatic heterocycles. The summed E-state index contributed by atoms with van der Waals surface area (Å²) in [5.74, 6) is -1.28. The summed E-state index contributed by atoms with van der Waals surface area (Å²) in [6.07, 6.45) is 1.90. The summed E-state index contributed by atoms with van der Waals surface area (Å²) < 4.78 is 24.0. The highest BCUT2D eigenvalue weighted by molar-refractivity contribution is 7.91. The molecule has 10 heteroatoms. The average Bonchev–Trinajstić information content (AvgIpc) is 3.28. The lowest BCUT2D eigenvalue weighted by atomic mass is 9.83. The monoisotopic (exact) mass is 574 g/mol. The van der Waals surface area contributed by atoms with Gasteiger partial charge in [-0.05, 0) is 50.5 Å². The quantitative estimate of drug-likeness (QED) is 0.334.